The lowest BCUT2D eigenvalue weighted by molar-refractivity contribution is -0.384. The van der Waals surface area contributed by atoms with E-state index < -0.39 is 4.92 Å². The summed E-state index contributed by atoms with van der Waals surface area (Å²) < 4.78 is 2.13. The Hall–Kier alpha value is -3.71. The van der Waals surface area contributed by atoms with Crippen LogP contribution in [0.25, 0.3) is 10.9 Å². The number of hydrogen-bond donors (Lipinski definition) is 1. The highest BCUT2D eigenvalue weighted by atomic mass is 35.5. The van der Waals surface area contributed by atoms with Crippen LogP contribution in [-0.4, -0.2) is 20.7 Å². The number of halogens is 1. The summed E-state index contributed by atoms with van der Waals surface area (Å²) in [5, 5.41) is 17.0. The van der Waals surface area contributed by atoms with Crippen LogP contribution >= 0.6 is 11.6 Å². The number of nitrogens with one attached hydrogen (secondary N) is 1. The van der Waals surface area contributed by atoms with Crippen LogP contribution in [0.5, 0.6) is 0 Å². The van der Waals surface area contributed by atoms with Gasteiger partial charge in [-0.1, -0.05) is 41.9 Å². The summed E-state index contributed by atoms with van der Waals surface area (Å²) in [4.78, 5) is 14.6. The number of pyridine rings is 1. The molecule has 0 radical (unpaired) electrons. The third kappa shape index (κ3) is 4.09. The van der Waals surface area contributed by atoms with Crippen LogP contribution < -0.4 is 5.43 Å². The molecule has 2 heterocycles. The molecule has 0 fully saturated rings. The molecule has 29 heavy (non-hydrogen) atoms. The summed E-state index contributed by atoms with van der Waals surface area (Å²) in [6.07, 6.45) is 5.11. The van der Waals surface area contributed by atoms with E-state index in [4.69, 9.17) is 11.6 Å². The van der Waals surface area contributed by atoms with Gasteiger partial charge in [-0.2, -0.15) is 5.10 Å². The molecule has 2 aromatic carbocycles. The van der Waals surface area contributed by atoms with Crippen molar-refractivity contribution in [3.63, 3.8) is 0 Å². The molecule has 0 saturated heterocycles. The van der Waals surface area contributed by atoms with E-state index in [1.807, 2.05) is 54.7 Å². The molecule has 8 heteroatoms. The van der Waals surface area contributed by atoms with E-state index in [0.29, 0.717) is 11.6 Å². The number of hydrazone groups is 1. The van der Waals surface area contributed by atoms with Crippen molar-refractivity contribution in [1.29, 1.82) is 0 Å². The van der Waals surface area contributed by atoms with Crippen molar-refractivity contribution in [2.45, 2.75) is 6.54 Å². The molecule has 0 spiro atoms. The van der Waals surface area contributed by atoms with Crippen LogP contribution in [-0.2, 0) is 6.54 Å². The third-order valence-electron chi connectivity index (χ3n) is 4.44. The Kier molecular flexibility index (Phi) is 5.22. The molecule has 144 valence electrons. The molecular weight excluding hydrogens is 390 g/mol. The molecule has 0 aliphatic heterocycles. The number of anilines is 1. The van der Waals surface area contributed by atoms with Crippen LogP contribution in [0.15, 0.2) is 78.2 Å². The summed E-state index contributed by atoms with van der Waals surface area (Å²) in [7, 11) is 0. The van der Waals surface area contributed by atoms with Crippen molar-refractivity contribution in [1.82, 2.24) is 9.55 Å². The van der Waals surface area contributed by atoms with Gasteiger partial charge in [0.25, 0.3) is 0 Å². The largest absolute Gasteiger partial charge is 0.342 e. The molecule has 0 atom stereocenters. The highest BCUT2D eigenvalue weighted by Crippen LogP contribution is 2.23. The van der Waals surface area contributed by atoms with Crippen molar-refractivity contribution in [2.24, 2.45) is 5.10 Å². The van der Waals surface area contributed by atoms with Gasteiger partial charge in [0.15, 0.2) is 0 Å². The van der Waals surface area contributed by atoms with Crippen molar-refractivity contribution >= 4 is 40.2 Å². The Morgan fingerprint density at radius 2 is 1.93 bits per heavy atom. The zero-order valence-corrected chi connectivity index (χ0v) is 16.0. The molecule has 0 bridgehead atoms. The molecule has 4 rings (SSSR count). The van der Waals surface area contributed by atoms with Gasteiger partial charge in [-0.3, -0.25) is 15.5 Å². The fourth-order valence-electron chi connectivity index (χ4n) is 3.09. The number of nitrogens with zero attached hydrogens (tertiary/aromatic N) is 4. The van der Waals surface area contributed by atoms with E-state index in [1.54, 1.807) is 6.21 Å². The van der Waals surface area contributed by atoms with Crippen LogP contribution in [0, 0.1) is 10.1 Å². The molecule has 0 unspecified atom stereocenters. The standard InChI is InChI=1S/C21H16ClN5O2/c22-17-9-7-15(8-10-17)13-26-14-16(18-4-1-2-5-19(18)26)12-24-25-21-20(27(28)29)6-3-11-23-21/h1-12,14H,13H2,(H,23,25)/b24-12-. The summed E-state index contributed by atoms with van der Waals surface area (Å²) >= 11 is 5.97. The van der Waals surface area contributed by atoms with Gasteiger partial charge >= 0.3 is 5.69 Å². The predicted molar refractivity (Wildman–Crippen MR) is 115 cm³/mol. The highest BCUT2D eigenvalue weighted by molar-refractivity contribution is 6.30. The zero-order chi connectivity index (χ0) is 20.2. The van der Waals surface area contributed by atoms with Gasteiger partial charge < -0.3 is 4.57 Å². The third-order valence-corrected chi connectivity index (χ3v) is 4.69. The second-order valence-electron chi connectivity index (χ2n) is 6.35. The maximum atomic E-state index is 11.1. The number of nitro groups is 1. The Bertz CT molecular complexity index is 1200. The van der Waals surface area contributed by atoms with Crippen LogP contribution in [0.2, 0.25) is 5.02 Å². The molecule has 0 amide bonds. The molecule has 7 nitrogen and oxygen atoms in total. The number of aromatic nitrogens is 2. The first kappa shape index (κ1) is 18.6. The summed E-state index contributed by atoms with van der Waals surface area (Å²) in [5.41, 5.74) is 5.61. The van der Waals surface area contributed by atoms with Gasteiger partial charge in [-0.25, -0.2) is 4.98 Å². The van der Waals surface area contributed by atoms with E-state index >= 15 is 0 Å². The molecular formula is C21H16ClN5O2. The maximum Gasteiger partial charge on any atom is 0.313 e. The Labute approximate surface area is 171 Å². The summed E-state index contributed by atoms with van der Waals surface area (Å²) in [6.45, 7) is 0.685. The first-order valence-electron chi connectivity index (χ1n) is 8.82. The lowest BCUT2D eigenvalue weighted by atomic mass is 10.2. The lowest BCUT2D eigenvalue weighted by Crippen LogP contribution is -1.99. The minimum Gasteiger partial charge on any atom is -0.342 e. The van der Waals surface area contributed by atoms with Gasteiger partial charge in [0.1, 0.15) is 0 Å². The van der Waals surface area contributed by atoms with Crippen LogP contribution in [0.1, 0.15) is 11.1 Å². The van der Waals surface area contributed by atoms with Crippen molar-refractivity contribution in [3.8, 4) is 0 Å². The smallest absolute Gasteiger partial charge is 0.313 e. The minimum atomic E-state index is -0.497. The first-order chi connectivity index (χ1) is 14.1. The molecule has 1 N–H and O–H groups in total. The van der Waals surface area contributed by atoms with E-state index in [9.17, 15) is 10.1 Å². The van der Waals surface area contributed by atoms with Crippen molar-refractivity contribution < 1.29 is 4.92 Å². The maximum absolute atomic E-state index is 11.1. The van der Waals surface area contributed by atoms with Gasteiger partial charge in [0.05, 0.1) is 11.1 Å². The molecule has 0 aliphatic rings. The second-order valence-corrected chi connectivity index (χ2v) is 6.79. The predicted octanol–water partition coefficient (Wildman–Crippen LogP) is 5.09. The second kappa shape index (κ2) is 8.12. The number of fused-ring (bicyclic) bond motifs is 1. The number of benzene rings is 2. The van der Waals surface area contributed by atoms with E-state index in [-0.39, 0.29) is 11.5 Å². The molecule has 2 aromatic heterocycles. The van der Waals surface area contributed by atoms with Crippen LogP contribution in [0.4, 0.5) is 11.5 Å². The zero-order valence-electron chi connectivity index (χ0n) is 15.2. The minimum absolute atomic E-state index is 0.0960. The Morgan fingerprint density at radius 1 is 1.14 bits per heavy atom. The van der Waals surface area contributed by atoms with Crippen LogP contribution in [0.3, 0.4) is 0 Å². The Morgan fingerprint density at radius 3 is 2.72 bits per heavy atom. The van der Waals surface area contributed by atoms with Gasteiger partial charge in [0, 0.05) is 46.5 Å². The lowest BCUT2D eigenvalue weighted by Gasteiger charge is -2.05. The van der Waals surface area contributed by atoms with E-state index in [0.717, 1.165) is 22.0 Å². The average molecular weight is 406 g/mol. The molecule has 4 aromatic rings. The first-order valence-corrected chi connectivity index (χ1v) is 9.20. The number of rotatable bonds is 6. The fourth-order valence-corrected chi connectivity index (χ4v) is 3.21. The van der Waals surface area contributed by atoms with E-state index in [1.165, 1.54) is 18.3 Å². The van der Waals surface area contributed by atoms with Crippen molar-refractivity contribution in [3.05, 3.63) is 99.3 Å². The number of hydrogen-bond acceptors (Lipinski definition) is 5. The molecule has 0 saturated carbocycles. The number of para-hydroxylation sites is 1. The van der Waals surface area contributed by atoms with Gasteiger partial charge in [0.2, 0.25) is 5.82 Å². The van der Waals surface area contributed by atoms with Gasteiger partial charge in [-0.15, -0.1) is 0 Å². The summed E-state index contributed by atoms with van der Waals surface area (Å²) in [5.74, 6) is 0.0960. The SMILES string of the molecule is O=[N+]([O-])c1cccnc1N/N=C\c1cn(Cc2ccc(Cl)cc2)c2ccccc12. The normalized spacial score (nSPS) is 11.2. The molecule has 0 aliphatic carbocycles. The Balaban J connectivity index is 1.62. The highest BCUT2D eigenvalue weighted by Gasteiger charge is 2.13. The topological polar surface area (TPSA) is 85.3 Å². The van der Waals surface area contributed by atoms with Gasteiger partial charge in [-0.05, 0) is 29.8 Å². The summed E-state index contributed by atoms with van der Waals surface area (Å²) in [6, 6.07) is 18.6. The quantitative estimate of drug-likeness (QED) is 0.275. The average Bonchev–Trinajstić information content (AvgIpc) is 3.08. The van der Waals surface area contributed by atoms with E-state index in [2.05, 4.69) is 20.1 Å². The monoisotopic (exact) mass is 405 g/mol. The van der Waals surface area contributed by atoms with Crippen molar-refractivity contribution in [2.75, 3.05) is 5.43 Å². The fraction of sp³-hybridized carbons (Fsp3) is 0.0476.